The van der Waals surface area contributed by atoms with Gasteiger partial charge in [0, 0.05) is 17.8 Å². The van der Waals surface area contributed by atoms with Crippen LogP contribution in [0.1, 0.15) is 64.5 Å². The monoisotopic (exact) mass is 433 g/mol. The number of aliphatic hydroxyl groups is 1. The summed E-state index contributed by atoms with van der Waals surface area (Å²) in [6.07, 6.45) is 9.32. The van der Waals surface area contributed by atoms with Crippen molar-refractivity contribution >= 4 is 0 Å². The van der Waals surface area contributed by atoms with E-state index in [-0.39, 0.29) is 23.8 Å². The van der Waals surface area contributed by atoms with Crippen LogP contribution in [0.4, 0.5) is 8.78 Å². The van der Waals surface area contributed by atoms with Crippen LogP contribution in [0.25, 0.3) is 0 Å². The Bertz CT molecular complexity index is 858. The lowest BCUT2D eigenvalue weighted by molar-refractivity contribution is -0.131. The van der Waals surface area contributed by atoms with Gasteiger partial charge >= 0.3 is 0 Å². The van der Waals surface area contributed by atoms with Gasteiger partial charge in [-0.1, -0.05) is 20.3 Å². The van der Waals surface area contributed by atoms with E-state index in [4.69, 9.17) is 0 Å². The Morgan fingerprint density at radius 3 is 2.61 bits per heavy atom. The highest BCUT2D eigenvalue weighted by Gasteiger charge is 2.84. The Hall–Kier alpha value is -1.04. The van der Waals surface area contributed by atoms with E-state index < -0.39 is 23.9 Å². The summed E-state index contributed by atoms with van der Waals surface area (Å²) in [4.78, 5) is 1.49. The van der Waals surface area contributed by atoms with Gasteiger partial charge in [0.1, 0.15) is 0 Å². The summed E-state index contributed by atoms with van der Waals surface area (Å²) in [5.41, 5.74) is 0.602. The topological polar surface area (TPSA) is 50.9 Å². The van der Waals surface area contributed by atoms with E-state index in [0.29, 0.717) is 11.8 Å². The van der Waals surface area contributed by atoms with Crippen molar-refractivity contribution in [3.63, 3.8) is 0 Å². The van der Waals surface area contributed by atoms with Gasteiger partial charge < -0.3 is 5.11 Å². The molecule has 0 bridgehead atoms. The standard InChI is InChI=1S/C25H37F2N3O/c1-13-4-6-16-15(10-13)5-7-18-17(16)8-9-24(3)20(18)22-23(25(22,26)27)21(24)19(31)12-30-28-11-14(2)29-30/h11,13,15-23,31H,4-10,12H2,1-3H3/t13-,15+,16?,17+,18?,19?,20?,21-,22-,23+,24-/m0/s1. The third kappa shape index (κ3) is 2.85. The summed E-state index contributed by atoms with van der Waals surface area (Å²) < 4.78 is 30.3. The number of aromatic nitrogens is 3. The van der Waals surface area contributed by atoms with Crippen LogP contribution < -0.4 is 0 Å². The predicted molar refractivity (Wildman–Crippen MR) is 113 cm³/mol. The fourth-order valence-corrected chi connectivity index (χ4v) is 9.57. The normalized spacial score (nSPS) is 50.7. The van der Waals surface area contributed by atoms with Crippen molar-refractivity contribution in [1.29, 1.82) is 0 Å². The van der Waals surface area contributed by atoms with Gasteiger partial charge in [0.15, 0.2) is 0 Å². The van der Waals surface area contributed by atoms with Gasteiger partial charge in [0.2, 0.25) is 0 Å². The van der Waals surface area contributed by atoms with Gasteiger partial charge in [-0.25, -0.2) is 8.78 Å². The Morgan fingerprint density at radius 2 is 1.87 bits per heavy atom. The van der Waals surface area contributed by atoms with Crippen molar-refractivity contribution in [2.45, 2.75) is 84.3 Å². The predicted octanol–water partition coefficient (Wildman–Crippen LogP) is 4.95. The van der Waals surface area contributed by atoms with Crippen LogP contribution in [0.2, 0.25) is 0 Å². The Kier molecular flexibility index (Phi) is 4.47. The number of aliphatic hydroxyl groups excluding tert-OH is 1. The zero-order valence-corrected chi connectivity index (χ0v) is 19.1. The highest BCUT2D eigenvalue weighted by atomic mass is 19.3. The first-order valence-electron chi connectivity index (χ1n) is 12.6. The van der Waals surface area contributed by atoms with Crippen LogP contribution in [0.5, 0.6) is 0 Å². The number of nitrogens with zero attached hydrogens (tertiary/aromatic N) is 3. The molecular weight excluding hydrogens is 396 g/mol. The minimum absolute atomic E-state index is 0.0681. The van der Waals surface area contributed by atoms with E-state index in [2.05, 4.69) is 24.0 Å². The first kappa shape index (κ1) is 20.6. The highest BCUT2D eigenvalue weighted by Crippen LogP contribution is 2.80. The maximum Gasteiger partial charge on any atom is 0.255 e. The molecule has 5 aliphatic rings. The summed E-state index contributed by atoms with van der Waals surface area (Å²) in [7, 11) is 0. The van der Waals surface area contributed by atoms with E-state index in [1.807, 2.05) is 6.92 Å². The van der Waals surface area contributed by atoms with Gasteiger partial charge in [-0.05, 0) is 86.4 Å². The van der Waals surface area contributed by atoms with Gasteiger partial charge in [-0.2, -0.15) is 15.0 Å². The summed E-state index contributed by atoms with van der Waals surface area (Å²) in [5, 5.41) is 19.7. The summed E-state index contributed by atoms with van der Waals surface area (Å²) >= 11 is 0. The van der Waals surface area contributed by atoms with Crippen LogP contribution in [-0.2, 0) is 6.54 Å². The second-order valence-electron chi connectivity index (χ2n) is 12.2. The van der Waals surface area contributed by atoms with E-state index in [1.165, 1.54) is 36.9 Å². The maximum absolute atomic E-state index is 15.1. The van der Waals surface area contributed by atoms with Crippen molar-refractivity contribution in [3.8, 4) is 0 Å². The van der Waals surface area contributed by atoms with Crippen LogP contribution in [0, 0.1) is 65.6 Å². The second kappa shape index (κ2) is 6.74. The molecular formula is C25H37F2N3O. The molecule has 1 N–H and O–H groups in total. The molecule has 0 aromatic carbocycles. The Morgan fingerprint density at radius 1 is 1.10 bits per heavy atom. The quantitative estimate of drug-likeness (QED) is 0.734. The zero-order valence-electron chi connectivity index (χ0n) is 19.1. The highest BCUT2D eigenvalue weighted by molar-refractivity contribution is 5.25. The molecule has 172 valence electrons. The third-order valence-electron chi connectivity index (χ3n) is 10.6. The molecule has 4 unspecified atom stereocenters. The van der Waals surface area contributed by atoms with Gasteiger partial charge in [0.05, 0.1) is 24.5 Å². The molecule has 1 aromatic rings. The molecule has 0 saturated heterocycles. The molecule has 0 amide bonds. The maximum atomic E-state index is 15.1. The van der Waals surface area contributed by atoms with Crippen LogP contribution >= 0.6 is 0 Å². The molecule has 5 saturated carbocycles. The molecule has 0 spiro atoms. The summed E-state index contributed by atoms with van der Waals surface area (Å²) in [6.45, 7) is 6.70. The lowest BCUT2D eigenvalue weighted by atomic mass is 9.48. The van der Waals surface area contributed by atoms with E-state index >= 15 is 8.78 Å². The Labute approximate surface area is 184 Å². The number of aryl methyl sites for hydroxylation is 1. The van der Waals surface area contributed by atoms with E-state index in [1.54, 1.807) is 6.20 Å². The number of hydrogen-bond donors (Lipinski definition) is 1. The minimum atomic E-state index is -2.61. The molecule has 0 aliphatic heterocycles. The number of alkyl halides is 2. The fraction of sp³-hybridized carbons (Fsp3) is 0.920. The molecule has 11 atom stereocenters. The smallest absolute Gasteiger partial charge is 0.255 e. The molecule has 4 nitrogen and oxygen atoms in total. The minimum Gasteiger partial charge on any atom is -0.391 e. The second-order valence-corrected chi connectivity index (χ2v) is 12.2. The summed E-state index contributed by atoms with van der Waals surface area (Å²) in [6, 6.07) is 0. The number of halogens is 2. The number of fused-ring (bicyclic) bond motifs is 7. The molecule has 6 heteroatoms. The number of hydrogen-bond acceptors (Lipinski definition) is 3. The van der Waals surface area contributed by atoms with Gasteiger partial charge in [0.25, 0.3) is 5.92 Å². The van der Waals surface area contributed by atoms with Crippen LogP contribution in [0.15, 0.2) is 6.20 Å². The van der Waals surface area contributed by atoms with Crippen LogP contribution in [0.3, 0.4) is 0 Å². The lowest BCUT2D eigenvalue weighted by Crippen LogP contribution is -2.53. The van der Waals surface area contributed by atoms with Gasteiger partial charge in [-0.15, -0.1) is 0 Å². The first-order valence-corrected chi connectivity index (χ1v) is 12.6. The first-order chi connectivity index (χ1) is 14.7. The molecule has 5 fully saturated rings. The summed E-state index contributed by atoms with van der Waals surface area (Å²) in [5.74, 6) is -0.602. The van der Waals surface area contributed by atoms with Crippen LogP contribution in [-0.4, -0.2) is 32.1 Å². The molecule has 5 aliphatic carbocycles. The van der Waals surface area contributed by atoms with E-state index in [9.17, 15) is 5.11 Å². The molecule has 1 heterocycles. The SMILES string of the molecule is Cc1cnn(CC(O)[C@H]2[C@@H]3[C@H](C4C5CC[C@@H]6C[C@@H](C)CCC6[C@H]5CC[C@@]42C)C3(F)F)n1. The fourth-order valence-electron chi connectivity index (χ4n) is 9.57. The van der Waals surface area contributed by atoms with E-state index in [0.717, 1.165) is 36.3 Å². The molecule has 31 heavy (non-hydrogen) atoms. The molecule has 0 radical (unpaired) electrons. The van der Waals surface area contributed by atoms with Crippen molar-refractivity contribution in [1.82, 2.24) is 15.0 Å². The Balaban J connectivity index is 1.29. The third-order valence-corrected chi connectivity index (χ3v) is 10.6. The van der Waals surface area contributed by atoms with Crippen molar-refractivity contribution in [2.24, 2.45) is 58.7 Å². The van der Waals surface area contributed by atoms with Crippen molar-refractivity contribution in [2.75, 3.05) is 0 Å². The molecule has 1 aromatic heterocycles. The average Bonchev–Trinajstić information content (AvgIpc) is 3.01. The largest absolute Gasteiger partial charge is 0.391 e. The average molecular weight is 434 g/mol. The lowest BCUT2D eigenvalue weighted by Gasteiger charge is -2.57. The number of rotatable bonds is 3. The van der Waals surface area contributed by atoms with Crippen molar-refractivity contribution < 1.29 is 13.9 Å². The van der Waals surface area contributed by atoms with Crippen molar-refractivity contribution in [3.05, 3.63) is 11.9 Å². The molecule has 6 rings (SSSR count). The zero-order chi connectivity index (χ0) is 21.7. The van der Waals surface area contributed by atoms with Gasteiger partial charge in [-0.3, -0.25) is 0 Å².